The van der Waals surface area contributed by atoms with Gasteiger partial charge in [0.05, 0.1) is 0 Å². The molecule has 0 fully saturated rings. The van der Waals surface area contributed by atoms with Crippen LogP contribution >= 0.6 is 0 Å². The van der Waals surface area contributed by atoms with Gasteiger partial charge in [-0.2, -0.15) is 0 Å². The number of hydrogen-bond donors (Lipinski definition) is 5. The Hall–Kier alpha value is -5.47. The topological polar surface area (TPSA) is 221 Å². The maximum atomic E-state index is 13.9. The summed E-state index contributed by atoms with van der Waals surface area (Å²) in [6, 6.07) is 13.0. The monoisotopic (exact) mass is 781 g/mol. The molecule has 5 unspecified atom stereocenters. The third-order valence-electron chi connectivity index (χ3n) is 8.56. The van der Waals surface area contributed by atoms with Crippen molar-refractivity contribution >= 4 is 41.7 Å². The molecule has 0 spiro atoms. The molecule has 0 saturated heterocycles. The molecule has 0 radical (unpaired) electrons. The summed E-state index contributed by atoms with van der Waals surface area (Å²) in [5, 5.41) is 10.5. The molecule has 5 atom stereocenters. The SMILES string of the molecule is CCC(C)C(NC(=O)C(CC(C)C)NC(=O)OC(C)(C)C)C(=O)NC(CCC(=O)OCc1ccccc1)C(=O)NC(CCC(=O)OCc1ccccc1)C(N)=O. The van der Waals surface area contributed by atoms with Crippen LogP contribution in [0.15, 0.2) is 60.7 Å². The summed E-state index contributed by atoms with van der Waals surface area (Å²) in [6.45, 7) is 12.4. The second-order valence-corrected chi connectivity index (χ2v) is 15.1. The maximum Gasteiger partial charge on any atom is 0.408 e. The largest absolute Gasteiger partial charge is 0.461 e. The van der Waals surface area contributed by atoms with Gasteiger partial charge in [0.2, 0.25) is 23.6 Å². The number of rotatable bonds is 22. The molecule has 2 aromatic rings. The summed E-state index contributed by atoms with van der Waals surface area (Å²) in [5.74, 6) is -4.89. The van der Waals surface area contributed by atoms with Crippen LogP contribution in [0.5, 0.6) is 0 Å². The summed E-state index contributed by atoms with van der Waals surface area (Å²) in [4.78, 5) is 91.6. The van der Waals surface area contributed by atoms with Crippen molar-refractivity contribution in [1.29, 1.82) is 0 Å². The lowest BCUT2D eigenvalue weighted by molar-refractivity contribution is -0.146. The van der Waals surface area contributed by atoms with E-state index < -0.39 is 77.3 Å². The van der Waals surface area contributed by atoms with Gasteiger partial charge < -0.3 is 41.2 Å². The minimum atomic E-state index is -1.39. The highest BCUT2D eigenvalue weighted by atomic mass is 16.6. The Balaban J connectivity index is 2.24. The minimum Gasteiger partial charge on any atom is -0.461 e. The lowest BCUT2D eigenvalue weighted by Gasteiger charge is -2.29. The Morgan fingerprint density at radius 1 is 0.643 bits per heavy atom. The Bertz CT molecular complexity index is 1600. The molecule has 0 saturated carbocycles. The Kier molecular flexibility index (Phi) is 19.5. The van der Waals surface area contributed by atoms with Gasteiger partial charge in [-0.05, 0) is 63.0 Å². The van der Waals surface area contributed by atoms with Crippen LogP contribution in [0.25, 0.3) is 0 Å². The van der Waals surface area contributed by atoms with E-state index in [9.17, 15) is 33.6 Å². The zero-order valence-corrected chi connectivity index (χ0v) is 33.6. The van der Waals surface area contributed by atoms with Gasteiger partial charge in [0.25, 0.3) is 0 Å². The molecule has 0 aliphatic rings. The van der Waals surface area contributed by atoms with Crippen LogP contribution in [0.4, 0.5) is 4.79 Å². The number of amides is 5. The molecule has 0 aliphatic carbocycles. The van der Waals surface area contributed by atoms with E-state index in [1.165, 1.54) is 0 Å². The molecular weight excluding hydrogens is 722 g/mol. The van der Waals surface area contributed by atoms with Crippen molar-refractivity contribution in [2.45, 2.75) is 130 Å². The number of nitrogens with two attached hydrogens (primary N) is 1. The van der Waals surface area contributed by atoms with Crippen LogP contribution < -0.4 is 27.0 Å². The highest BCUT2D eigenvalue weighted by Crippen LogP contribution is 2.14. The molecular formula is C41H59N5O10. The van der Waals surface area contributed by atoms with Crippen LogP contribution in [0.2, 0.25) is 0 Å². The molecule has 6 N–H and O–H groups in total. The summed E-state index contributed by atoms with van der Waals surface area (Å²) in [7, 11) is 0. The van der Waals surface area contributed by atoms with Crippen LogP contribution in [0, 0.1) is 11.8 Å². The van der Waals surface area contributed by atoms with Crippen LogP contribution in [0.1, 0.15) is 98.1 Å². The first-order valence-electron chi connectivity index (χ1n) is 19.0. The number of benzene rings is 2. The number of nitrogens with one attached hydrogen (secondary N) is 4. The van der Waals surface area contributed by atoms with E-state index in [-0.39, 0.29) is 51.2 Å². The Morgan fingerprint density at radius 3 is 1.55 bits per heavy atom. The summed E-state index contributed by atoms with van der Waals surface area (Å²) < 4.78 is 16.0. The zero-order chi connectivity index (χ0) is 41.8. The molecule has 2 rings (SSSR count). The van der Waals surface area contributed by atoms with E-state index >= 15 is 0 Å². The summed E-state index contributed by atoms with van der Waals surface area (Å²) in [6.07, 6.45) is -1.10. The first kappa shape index (κ1) is 46.7. The van der Waals surface area contributed by atoms with Crippen molar-refractivity contribution < 1.29 is 47.8 Å². The average molecular weight is 782 g/mol. The number of alkyl carbamates (subject to hydrolysis) is 1. The smallest absolute Gasteiger partial charge is 0.408 e. The normalized spacial score (nSPS) is 13.9. The first-order chi connectivity index (χ1) is 26.4. The van der Waals surface area contributed by atoms with Gasteiger partial charge >= 0.3 is 18.0 Å². The lowest BCUT2D eigenvalue weighted by Crippen LogP contribution is -2.59. The van der Waals surface area contributed by atoms with Crippen molar-refractivity contribution in [2.24, 2.45) is 17.6 Å². The molecule has 0 aromatic heterocycles. The first-order valence-corrected chi connectivity index (χ1v) is 19.0. The second kappa shape index (κ2) is 23.4. The average Bonchev–Trinajstić information content (AvgIpc) is 3.14. The van der Waals surface area contributed by atoms with Gasteiger partial charge in [-0.25, -0.2) is 4.79 Å². The van der Waals surface area contributed by atoms with E-state index in [4.69, 9.17) is 19.9 Å². The van der Waals surface area contributed by atoms with E-state index in [1.54, 1.807) is 76.2 Å². The molecule has 15 heteroatoms. The highest BCUT2D eigenvalue weighted by molar-refractivity contribution is 5.95. The van der Waals surface area contributed by atoms with E-state index in [0.717, 1.165) is 11.1 Å². The predicted molar refractivity (Wildman–Crippen MR) is 208 cm³/mol. The quantitative estimate of drug-likeness (QED) is 0.0855. The molecule has 2 aromatic carbocycles. The molecule has 56 heavy (non-hydrogen) atoms. The fourth-order valence-corrected chi connectivity index (χ4v) is 5.34. The van der Waals surface area contributed by atoms with Gasteiger partial charge in [0.1, 0.15) is 43.0 Å². The number of esters is 2. The summed E-state index contributed by atoms with van der Waals surface area (Å²) >= 11 is 0. The van der Waals surface area contributed by atoms with Gasteiger partial charge in [0, 0.05) is 12.8 Å². The molecule has 15 nitrogen and oxygen atoms in total. The zero-order valence-electron chi connectivity index (χ0n) is 33.6. The fourth-order valence-electron chi connectivity index (χ4n) is 5.34. The van der Waals surface area contributed by atoms with Crippen LogP contribution in [-0.4, -0.2) is 71.4 Å². The van der Waals surface area contributed by atoms with E-state index in [0.29, 0.717) is 6.42 Å². The molecule has 0 heterocycles. The number of ether oxygens (including phenoxy) is 3. The molecule has 0 bridgehead atoms. The van der Waals surface area contributed by atoms with Crippen molar-refractivity contribution in [3.8, 4) is 0 Å². The molecule has 0 aliphatic heterocycles. The maximum absolute atomic E-state index is 13.9. The number of hydrogen-bond acceptors (Lipinski definition) is 10. The van der Waals surface area contributed by atoms with Gasteiger partial charge in [-0.1, -0.05) is 94.8 Å². The van der Waals surface area contributed by atoms with Gasteiger partial charge in [-0.3, -0.25) is 28.8 Å². The van der Waals surface area contributed by atoms with Crippen LogP contribution in [-0.2, 0) is 56.2 Å². The van der Waals surface area contributed by atoms with Crippen molar-refractivity contribution in [3.05, 3.63) is 71.8 Å². The highest BCUT2D eigenvalue weighted by Gasteiger charge is 2.34. The Labute approximate surface area is 329 Å². The van der Waals surface area contributed by atoms with E-state index in [2.05, 4.69) is 21.3 Å². The number of carbonyl (C=O) groups is 7. The fraction of sp³-hybridized carbons (Fsp3) is 0.537. The lowest BCUT2D eigenvalue weighted by atomic mass is 9.96. The predicted octanol–water partition coefficient (Wildman–Crippen LogP) is 3.96. The summed E-state index contributed by atoms with van der Waals surface area (Å²) in [5.41, 5.74) is 6.29. The number of primary amides is 1. The third kappa shape index (κ3) is 18.2. The molecule has 5 amide bonds. The second-order valence-electron chi connectivity index (χ2n) is 15.1. The van der Waals surface area contributed by atoms with Crippen molar-refractivity contribution in [3.63, 3.8) is 0 Å². The van der Waals surface area contributed by atoms with Crippen molar-refractivity contribution in [2.75, 3.05) is 0 Å². The molecule has 308 valence electrons. The Morgan fingerprint density at radius 2 is 1.11 bits per heavy atom. The van der Waals surface area contributed by atoms with Crippen LogP contribution in [0.3, 0.4) is 0 Å². The van der Waals surface area contributed by atoms with Gasteiger partial charge in [0.15, 0.2) is 0 Å². The standard InChI is InChI=1S/C41H59N5O10/c1-8-27(4)35(46-38(51)32(23-26(2)3)45-40(53)56-41(5,6)7)39(52)44-31(20-22-34(48)55-25-29-17-13-10-14-18-29)37(50)43-30(36(42)49)19-21-33(47)54-24-28-15-11-9-12-16-28/h9-18,26-27,30-32,35H,8,19-25H2,1-7H3,(H2,42,49)(H,43,50)(H,44,52)(H,45,53)(H,46,51). The third-order valence-corrected chi connectivity index (χ3v) is 8.56. The van der Waals surface area contributed by atoms with Gasteiger partial charge in [-0.15, -0.1) is 0 Å². The van der Waals surface area contributed by atoms with Crippen molar-refractivity contribution in [1.82, 2.24) is 21.3 Å². The van der Waals surface area contributed by atoms with E-state index in [1.807, 2.05) is 32.9 Å². The minimum absolute atomic E-state index is 0.00991. The number of carbonyl (C=O) groups excluding carboxylic acids is 7.